The highest BCUT2D eigenvalue weighted by atomic mass is 19.2. The SMILES string of the molecule is Cc1c(F)c(F)c2nc(-c3ccccc3)oc2c1F. The van der Waals surface area contributed by atoms with Crippen LogP contribution < -0.4 is 0 Å². The van der Waals surface area contributed by atoms with Gasteiger partial charge in [-0.15, -0.1) is 0 Å². The molecule has 96 valence electrons. The minimum atomic E-state index is -1.24. The lowest BCUT2D eigenvalue weighted by atomic mass is 10.2. The average molecular weight is 263 g/mol. The predicted molar refractivity (Wildman–Crippen MR) is 64.1 cm³/mol. The summed E-state index contributed by atoms with van der Waals surface area (Å²) in [6, 6.07) is 8.64. The number of aromatic nitrogens is 1. The molecular formula is C14H8F3NO. The third-order valence-corrected chi connectivity index (χ3v) is 2.91. The summed E-state index contributed by atoms with van der Waals surface area (Å²) >= 11 is 0. The van der Waals surface area contributed by atoms with Crippen LogP contribution in [0.2, 0.25) is 0 Å². The molecular weight excluding hydrogens is 255 g/mol. The fourth-order valence-corrected chi connectivity index (χ4v) is 1.86. The highest BCUT2D eigenvalue weighted by Gasteiger charge is 2.22. The molecule has 0 saturated heterocycles. The molecule has 0 aliphatic rings. The quantitative estimate of drug-likeness (QED) is 0.614. The van der Waals surface area contributed by atoms with Crippen molar-refractivity contribution >= 4 is 11.1 Å². The van der Waals surface area contributed by atoms with Gasteiger partial charge in [0.25, 0.3) is 0 Å². The van der Waals surface area contributed by atoms with Gasteiger partial charge >= 0.3 is 0 Å². The Hall–Kier alpha value is -2.30. The largest absolute Gasteiger partial charge is 0.433 e. The van der Waals surface area contributed by atoms with E-state index in [1.807, 2.05) is 0 Å². The van der Waals surface area contributed by atoms with E-state index < -0.39 is 28.5 Å². The minimum absolute atomic E-state index is 0.0541. The van der Waals surface area contributed by atoms with Gasteiger partial charge in [0.05, 0.1) is 0 Å². The van der Waals surface area contributed by atoms with Crippen LogP contribution in [-0.4, -0.2) is 4.98 Å². The third-order valence-electron chi connectivity index (χ3n) is 2.91. The molecule has 19 heavy (non-hydrogen) atoms. The molecule has 3 aromatic rings. The Bertz CT molecular complexity index is 720. The van der Waals surface area contributed by atoms with Gasteiger partial charge < -0.3 is 4.42 Å². The zero-order valence-corrected chi connectivity index (χ0v) is 9.88. The molecule has 0 aliphatic carbocycles. The number of fused-ring (bicyclic) bond motifs is 1. The summed E-state index contributed by atoms with van der Waals surface area (Å²) in [4.78, 5) is 3.82. The van der Waals surface area contributed by atoms with Crippen LogP contribution in [0.25, 0.3) is 22.6 Å². The number of nitrogens with zero attached hydrogens (tertiary/aromatic N) is 1. The highest BCUT2D eigenvalue weighted by Crippen LogP contribution is 2.30. The van der Waals surface area contributed by atoms with E-state index in [9.17, 15) is 13.2 Å². The van der Waals surface area contributed by atoms with Crippen molar-refractivity contribution < 1.29 is 17.6 Å². The van der Waals surface area contributed by atoms with Crippen molar-refractivity contribution in [3.8, 4) is 11.5 Å². The van der Waals surface area contributed by atoms with Gasteiger partial charge in [0.1, 0.15) is 0 Å². The lowest BCUT2D eigenvalue weighted by Crippen LogP contribution is -1.95. The topological polar surface area (TPSA) is 26.0 Å². The van der Waals surface area contributed by atoms with Crippen LogP contribution in [0.15, 0.2) is 34.7 Å². The lowest BCUT2D eigenvalue weighted by Gasteiger charge is -1.99. The second kappa shape index (κ2) is 4.12. The minimum Gasteiger partial charge on any atom is -0.433 e. The van der Waals surface area contributed by atoms with E-state index in [0.717, 1.165) is 6.92 Å². The van der Waals surface area contributed by atoms with Gasteiger partial charge in [0.2, 0.25) is 5.89 Å². The molecule has 5 heteroatoms. The van der Waals surface area contributed by atoms with Crippen molar-refractivity contribution in [3.05, 3.63) is 53.3 Å². The third kappa shape index (κ3) is 1.69. The molecule has 0 fully saturated rings. The molecule has 0 radical (unpaired) electrons. The number of hydrogen-bond donors (Lipinski definition) is 0. The molecule has 0 amide bonds. The Kier molecular flexibility index (Phi) is 2.55. The van der Waals surface area contributed by atoms with Gasteiger partial charge in [-0.05, 0) is 19.1 Å². The number of benzene rings is 2. The van der Waals surface area contributed by atoms with Gasteiger partial charge in [-0.1, -0.05) is 18.2 Å². The number of oxazole rings is 1. The van der Waals surface area contributed by atoms with Crippen molar-refractivity contribution in [2.45, 2.75) is 6.92 Å². The smallest absolute Gasteiger partial charge is 0.227 e. The zero-order valence-electron chi connectivity index (χ0n) is 9.88. The Morgan fingerprint density at radius 3 is 2.32 bits per heavy atom. The number of rotatable bonds is 1. The first kappa shape index (κ1) is 11.8. The maximum absolute atomic E-state index is 13.8. The summed E-state index contributed by atoms with van der Waals surface area (Å²) < 4.78 is 46.2. The fraction of sp³-hybridized carbons (Fsp3) is 0.0714. The van der Waals surface area contributed by atoms with Crippen molar-refractivity contribution in [2.75, 3.05) is 0 Å². The molecule has 3 rings (SSSR count). The molecule has 0 saturated carbocycles. The van der Waals surface area contributed by atoms with Crippen molar-refractivity contribution in [2.24, 2.45) is 0 Å². The van der Waals surface area contributed by atoms with Crippen molar-refractivity contribution in [1.29, 1.82) is 0 Å². The van der Waals surface area contributed by atoms with Gasteiger partial charge in [0, 0.05) is 11.1 Å². The predicted octanol–water partition coefficient (Wildman–Crippen LogP) is 4.22. The maximum Gasteiger partial charge on any atom is 0.227 e. The second-order valence-electron chi connectivity index (χ2n) is 4.13. The molecule has 0 bridgehead atoms. The molecule has 0 N–H and O–H groups in total. The Labute approximate surface area is 106 Å². The summed E-state index contributed by atoms with van der Waals surface area (Å²) in [7, 11) is 0. The Morgan fingerprint density at radius 2 is 1.63 bits per heavy atom. The molecule has 2 nitrogen and oxygen atoms in total. The van der Waals surface area contributed by atoms with Crippen LogP contribution in [0.5, 0.6) is 0 Å². The first-order valence-corrected chi connectivity index (χ1v) is 5.58. The van der Waals surface area contributed by atoms with E-state index in [4.69, 9.17) is 4.42 Å². The van der Waals surface area contributed by atoms with Gasteiger partial charge in [-0.2, -0.15) is 0 Å². The molecule has 2 aromatic carbocycles. The van der Waals surface area contributed by atoms with Crippen LogP contribution in [0, 0.1) is 24.4 Å². The molecule has 0 aliphatic heterocycles. The monoisotopic (exact) mass is 263 g/mol. The Morgan fingerprint density at radius 1 is 0.947 bits per heavy atom. The van der Waals surface area contributed by atoms with E-state index in [-0.39, 0.29) is 11.5 Å². The summed E-state index contributed by atoms with van der Waals surface area (Å²) in [6.07, 6.45) is 0. The molecule has 0 unspecified atom stereocenters. The summed E-state index contributed by atoms with van der Waals surface area (Å²) in [5.74, 6) is -3.31. The summed E-state index contributed by atoms with van der Waals surface area (Å²) in [6.45, 7) is 1.15. The fourth-order valence-electron chi connectivity index (χ4n) is 1.86. The highest BCUT2D eigenvalue weighted by molar-refractivity contribution is 5.78. The lowest BCUT2D eigenvalue weighted by molar-refractivity contribution is 0.488. The van der Waals surface area contributed by atoms with E-state index in [1.165, 1.54) is 0 Å². The van der Waals surface area contributed by atoms with Crippen molar-refractivity contribution in [3.63, 3.8) is 0 Å². The van der Waals surface area contributed by atoms with Gasteiger partial charge in [-0.3, -0.25) is 0 Å². The average Bonchev–Trinajstić information content (AvgIpc) is 2.89. The maximum atomic E-state index is 13.8. The molecule has 0 spiro atoms. The van der Waals surface area contributed by atoms with E-state index >= 15 is 0 Å². The number of halogens is 3. The summed E-state index contributed by atoms with van der Waals surface area (Å²) in [5, 5.41) is 0. The van der Waals surface area contributed by atoms with Crippen LogP contribution in [0.3, 0.4) is 0 Å². The van der Waals surface area contributed by atoms with Crippen LogP contribution >= 0.6 is 0 Å². The normalized spacial score (nSPS) is 11.2. The molecule has 1 aromatic heterocycles. The second-order valence-corrected chi connectivity index (χ2v) is 4.13. The first-order valence-electron chi connectivity index (χ1n) is 5.58. The summed E-state index contributed by atoms with van der Waals surface area (Å²) in [5.41, 5.74) is -0.647. The standard InChI is InChI=1S/C14H8F3NO/c1-7-9(15)11(17)12-13(10(7)16)19-14(18-12)8-5-3-2-4-6-8/h2-6H,1H3. The van der Waals surface area contributed by atoms with Crippen LogP contribution in [-0.2, 0) is 0 Å². The van der Waals surface area contributed by atoms with Gasteiger partial charge in [0.15, 0.2) is 28.6 Å². The van der Waals surface area contributed by atoms with E-state index in [2.05, 4.69) is 4.98 Å². The van der Waals surface area contributed by atoms with E-state index in [0.29, 0.717) is 5.56 Å². The first-order chi connectivity index (χ1) is 9.09. The van der Waals surface area contributed by atoms with Crippen LogP contribution in [0.4, 0.5) is 13.2 Å². The van der Waals surface area contributed by atoms with Gasteiger partial charge in [-0.25, -0.2) is 18.2 Å². The van der Waals surface area contributed by atoms with Crippen LogP contribution in [0.1, 0.15) is 5.56 Å². The molecule has 0 atom stereocenters. The number of hydrogen-bond acceptors (Lipinski definition) is 2. The van der Waals surface area contributed by atoms with E-state index in [1.54, 1.807) is 30.3 Å². The van der Waals surface area contributed by atoms with Crippen molar-refractivity contribution in [1.82, 2.24) is 4.98 Å². The zero-order chi connectivity index (χ0) is 13.6. The Balaban J connectivity index is 2.33. The molecule has 1 heterocycles.